The summed E-state index contributed by atoms with van der Waals surface area (Å²) in [5, 5.41) is 3.57. The molecule has 1 rings (SSSR count). The van der Waals surface area contributed by atoms with Crippen molar-refractivity contribution in [2.75, 3.05) is 13.1 Å². The van der Waals surface area contributed by atoms with Crippen molar-refractivity contribution in [3.8, 4) is 0 Å². The Morgan fingerprint density at radius 2 is 2.29 bits per heavy atom. The summed E-state index contributed by atoms with van der Waals surface area (Å²) in [6.07, 6.45) is 4.13. The van der Waals surface area contributed by atoms with E-state index in [1.165, 1.54) is 0 Å². The van der Waals surface area contributed by atoms with Gasteiger partial charge in [0.2, 0.25) is 10.0 Å². The molecule has 1 aromatic heterocycles. The SMILES string of the molecule is CCC(CN)S(=O)(=O)NCCn1cc(C)cn1. The molecule has 7 heteroatoms. The van der Waals surface area contributed by atoms with Crippen LogP contribution in [0.5, 0.6) is 0 Å². The molecule has 0 aliphatic rings. The number of aromatic nitrogens is 2. The number of nitrogens with one attached hydrogen (secondary N) is 1. The van der Waals surface area contributed by atoms with Crippen LogP contribution in [0, 0.1) is 6.92 Å². The van der Waals surface area contributed by atoms with Crippen molar-refractivity contribution in [1.29, 1.82) is 0 Å². The number of nitrogens with zero attached hydrogens (tertiary/aromatic N) is 2. The highest BCUT2D eigenvalue weighted by atomic mass is 32.2. The molecule has 1 atom stereocenters. The van der Waals surface area contributed by atoms with Crippen LogP contribution in [0.15, 0.2) is 12.4 Å². The topological polar surface area (TPSA) is 90.0 Å². The summed E-state index contributed by atoms with van der Waals surface area (Å²) in [6.45, 7) is 4.75. The molecule has 1 unspecified atom stereocenters. The molecule has 0 bridgehead atoms. The van der Waals surface area contributed by atoms with Crippen LogP contribution < -0.4 is 10.5 Å². The second-order valence-corrected chi connectivity index (χ2v) is 6.03. The monoisotopic (exact) mass is 260 g/mol. The van der Waals surface area contributed by atoms with Gasteiger partial charge in [0.05, 0.1) is 18.0 Å². The minimum atomic E-state index is -3.30. The van der Waals surface area contributed by atoms with Gasteiger partial charge in [-0.2, -0.15) is 5.10 Å². The van der Waals surface area contributed by atoms with Crippen LogP contribution >= 0.6 is 0 Å². The zero-order chi connectivity index (χ0) is 12.9. The molecular formula is C10H20N4O2S. The molecule has 98 valence electrons. The fraction of sp³-hybridized carbons (Fsp3) is 0.700. The van der Waals surface area contributed by atoms with Crippen molar-refractivity contribution in [2.45, 2.75) is 32.1 Å². The zero-order valence-corrected chi connectivity index (χ0v) is 11.1. The maximum Gasteiger partial charge on any atom is 0.215 e. The maximum absolute atomic E-state index is 11.8. The lowest BCUT2D eigenvalue weighted by atomic mass is 10.3. The summed E-state index contributed by atoms with van der Waals surface area (Å²) in [7, 11) is -3.30. The van der Waals surface area contributed by atoms with E-state index >= 15 is 0 Å². The Morgan fingerprint density at radius 1 is 1.59 bits per heavy atom. The second-order valence-electron chi connectivity index (χ2n) is 3.99. The van der Waals surface area contributed by atoms with Crippen LogP contribution in [0.3, 0.4) is 0 Å². The summed E-state index contributed by atoms with van der Waals surface area (Å²) >= 11 is 0. The summed E-state index contributed by atoms with van der Waals surface area (Å²) in [5.74, 6) is 0. The minimum Gasteiger partial charge on any atom is -0.329 e. The fourth-order valence-electron chi connectivity index (χ4n) is 1.52. The molecule has 0 spiro atoms. The van der Waals surface area contributed by atoms with Gasteiger partial charge in [-0.05, 0) is 18.9 Å². The van der Waals surface area contributed by atoms with Gasteiger partial charge in [0.25, 0.3) is 0 Å². The smallest absolute Gasteiger partial charge is 0.215 e. The second kappa shape index (κ2) is 6.13. The third kappa shape index (κ3) is 4.10. The van der Waals surface area contributed by atoms with Gasteiger partial charge in [-0.3, -0.25) is 4.68 Å². The molecular weight excluding hydrogens is 240 g/mol. The molecule has 0 saturated carbocycles. The number of hydrogen-bond acceptors (Lipinski definition) is 4. The molecule has 0 aliphatic carbocycles. The third-order valence-electron chi connectivity index (χ3n) is 2.56. The quantitative estimate of drug-likeness (QED) is 0.713. The average Bonchev–Trinajstić information content (AvgIpc) is 2.65. The number of aryl methyl sites for hydroxylation is 1. The first-order valence-corrected chi connectivity index (χ1v) is 7.21. The van der Waals surface area contributed by atoms with Crippen molar-refractivity contribution in [3.05, 3.63) is 18.0 Å². The van der Waals surface area contributed by atoms with Crippen molar-refractivity contribution in [3.63, 3.8) is 0 Å². The molecule has 0 aromatic carbocycles. The molecule has 0 fully saturated rings. The average molecular weight is 260 g/mol. The van der Waals surface area contributed by atoms with Gasteiger partial charge in [0.15, 0.2) is 0 Å². The highest BCUT2D eigenvalue weighted by Gasteiger charge is 2.21. The Labute approximate surface area is 102 Å². The molecule has 1 aromatic rings. The lowest BCUT2D eigenvalue weighted by Crippen LogP contribution is -2.39. The molecule has 0 amide bonds. The molecule has 1 heterocycles. The van der Waals surface area contributed by atoms with E-state index in [1.807, 2.05) is 20.0 Å². The lowest BCUT2D eigenvalue weighted by Gasteiger charge is -2.14. The molecule has 0 radical (unpaired) electrons. The van der Waals surface area contributed by atoms with Gasteiger partial charge < -0.3 is 5.73 Å². The molecule has 0 aliphatic heterocycles. The van der Waals surface area contributed by atoms with Gasteiger partial charge in [-0.25, -0.2) is 13.1 Å². The van der Waals surface area contributed by atoms with Crippen molar-refractivity contribution in [2.24, 2.45) is 5.73 Å². The van der Waals surface area contributed by atoms with Crippen LogP contribution in [0.2, 0.25) is 0 Å². The summed E-state index contributed by atoms with van der Waals surface area (Å²) < 4.78 is 27.8. The van der Waals surface area contributed by atoms with Crippen molar-refractivity contribution in [1.82, 2.24) is 14.5 Å². The van der Waals surface area contributed by atoms with Gasteiger partial charge in [0.1, 0.15) is 0 Å². The highest BCUT2D eigenvalue weighted by molar-refractivity contribution is 7.90. The zero-order valence-electron chi connectivity index (χ0n) is 10.3. The van der Waals surface area contributed by atoms with E-state index in [0.29, 0.717) is 19.5 Å². The first-order valence-electron chi connectivity index (χ1n) is 5.67. The lowest BCUT2D eigenvalue weighted by molar-refractivity contribution is 0.545. The van der Waals surface area contributed by atoms with Crippen molar-refractivity contribution < 1.29 is 8.42 Å². The maximum atomic E-state index is 11.8. The first-order chi connectivity index (χ1) is 7.99. The number of sulfonamides is 1. The Morgan fingerprint density at radius 3 is 2.76 bits per heavy atom. The summed E-state index contributed by atoms with van der Waals surface area (Å²) in [4.78, 5) is 0. The van der Waals surface area contributed by atoms with Crippen LogP contribution in [0.1, 0.15) is 18.9 Å². The van der Waals surface area contributed by atoms with Gasteiger partial charge in [0, 0.05) is 19.3 Å². The Hall–Kier alpha value is -0.920. The number of hydrogen-bond donors (Lipinski definition) is 2. The predicted octanol–water partition coefficient (Wildman–Crippen LogP) is -0.152. The molecule has 6 nitrogen and oxygen atoms in total. The molecule has 3 N–H and O–H groups in total. The third-order valence-corrected chi connectivity index (χ3v) is 4.57. The Balaban J connectivity index is 2.45. The van der Waals surface area contributed by atoms with Gasteiger partial charge in [-0.15, -0.1) is 0 Å². The first kappa shape index (κ1) is 14.1. The van der Waals surface area contributed by atoms with Gasteiger partial charge in [-0.1, -0.05) is 6.92 Å². The normalized spacial score (nSPS) is 13.8. The van der Waals surface area contributed by atoms with Gasteiger partial charge >= 0.3 is 0 Å². The van der Waals surface area contributed by atoms with E-state index in [4.69, 9.17) is 5.73 Å². The van der Waals surface area contributed by atoms with E-state index in [0.717, 1.165) is 5.56 Å². The van der Waals surface area contributed by atoms with Crippen LogP contribution in [0.25, 0.3) is 0 Å². The molecule has 0 saturated heterocycles. The Bertz CT molecular complexity index is 437. The van der Waals surface area contributed by atoms with E-state index < -0.39 is 15.3 Å². The number of rotatable bonds is 7. The Kier molecular flexibility index (Phi) is 5.10. The largest absolute Gasteiger partial charge is 0.329 e. The standard InChI is InChI=1S/C10H20N4O2S/c1-3-10(6-11)17(15,16)13-4-5-14-8-9(2)7-12-14/h7-8,10,13H,3-6,11H2,1-2H3. The van der Waals surface area contributed by atoms with E-state index in [2.05, 4.69) is 9.82 Å². The van der Waals surface area contributed by atoms with Crippen LogP contribution in [-0.2, 0) is 16.6 Å². The number of nitrogens with two attached hydrogens (primary N) is 1. The molecule has 17 heavy (non-hydrogen) atoms. The highest BCUT2D eigenvalue weighted by Crippen LogP contribution is 2.02. The van der Waals surface area contributed by atoms with Crippen LogP contribution in [0.4, 0.5) is 0 Å². The van der Waals surface area contributed by atoms with Crippen LogP contribution in [-0.4, -0.2) is 36.5 Å². The minimum absolute atomic E-state index is 0.146. The van der Waals surface area contributed by atoms with E-state index in [1.54, 1.807) is 10.9 Å². The van der Waals surface area contributed by atoms with E-state index in [9.17, 15) is 8.42 Å². The predicted molar refractivity (Wildman–Crippen MR) is 67.0 cm³/mol. The van der Waals surface area contributed by atoms with Crippen molar-refractivity contribution >= 4 is 10.0 Å². The van der Waals surface area contributed by atoms with E-state index in [-0.39, 0.29) is 6.54 Å². The fourth-order valence-corrected chi connectivity index (χ4v) is 2.83. The summed E-state index contributed by atoms with van der Waals surface area (Å²) in [5.41, 5.74) is 6.48. The summed E-state index contributed by atoms with van der Waals surface area (Å²) in [6, 6.07) is 0.